The second-order valence-electron chi connectivity index (χ2n) is 11.5. The first-order valence-corrected chi connectivity index (χ1v) is 16.5. The van der Waals surface area contributed by atoms with Crippen LogP contribution in [0.2, 0.25) is 19.6 Å². The molecule has 2 aromatic heterocycles. The van der Waals surface area contributed by atoms with Crippen molar-refractivity contribution in [2.24, 2.45) is 7.05 Å². The van der Waals surface area contributed by atoms with E-state index in [1.54, 1.807) is 0 Å². The van der Waals surface area contributed by atoms with Gasteiger partial charge in [-0.25, -0.2) is 9.41 Å². The first-order chi connectivity index (χ1) is 17.5. The Morgan fingerprint density at radius 1 is 0.892 bits per heavy atom. The van der Waals surface area contributed by atoms with Crippen LogP contribution in [0.3, 0.4) is 0 Å². The molecule has 5 rings (SSSR count). The highest BCUT2D eigenvalue weighted by Gasteiger charge is 2.30. The van der Waals surface area contributed by atoms with Crippen molar-refractivity contribution in [2.75, 3.05) is 0 Å². The molecule has 2 heterocycles. The van der Waals surface area contributed by atoms with Crippen molar-refractivity contribution in [2.45, 2.75) is 53.3 Å². The smallest absolute Gasteiger partial charge is 0.216 e. The SMILES string of the molecule is [C-]#[N+]c1ccc2c(oc3c(-c4cc([Si](C)(C)C)c(C(C)C)c[n+]4C)c(C)cc(C)c32)c1-c1ccccc1. The van der Waals surface area contributed by atoms with E-state index in [1.165, 1.54) is 27.6 Å². The fourth-order valence-corrected chi connectivity index (χ4v) is 7.48. The molecule has 0 amide bonds. The molecule has 0 bridgehead atoms. The maximum absolute atomic E-state index is 7.85. The molecule has 0 radical (unpaired) electrons. The molecule has 4 heteroatoms. The van der Waals surface area contributed by atoms with E-state index in [-0.39, 0.29) is 0 Å². The monoisotopic (exact) mass is 503 g/mol. The van der Waals surface area contributed by atoms with Crippen LogP contribution in [0, 0.1) is 20.4 Å². The van der Waals surface area contributed by atoms with E-state index in [4.69, 9.17) is 11.0 Å². The minimum Gasteiger partial charge on any atom is -0.456 e. The summed E-state index contributed by atoms with van der Waals surface area (Å²) in [5.74, 6) is 0.466. The van der Waals surface area contributed by atoms with Gasteiger partial charge >= 0.3 is 0 Å². The minimum atomic E-state index is -1.60. The third-order valence-corrected chi connectivity index (χ3v) is 9.51. The number of pyridine rings is 1. The summed E-state index contributed by atoms with van der Waals surface area (Å²) in [6.45, 7) is 24.0. The zero-order chi connectivity index (χ0) is 26.6. The van der Waals surface area contributed by atoms with Crippen LogP contribution < -0.4 is 9.75 Å². The third-order valence-electron chi connectivity index (χ3n) is 7.46. The van der Waals surface area contributed by atoms with Crippen LogP contribution in [0.15, 0.2) is 65.2 Å². The number of benzene rings is 3. The molecule has 3 nitrogen and oxygen atoms in total. The largest absolute Gasteiger partial charge is 0.456 e. The van der Waals surface area contributed by atoms with Crippen molar-refractivity contribution in [1.82, 2.24) is 0 Å². The molecule has 0 fully saturated rings. The van der Waals surface area contributed by atoms with Gasteiger partial charge in [-0.15, -0.1) is 0 Å². The lowest BCUT2D eigenvalue weighted by atomic mass is 9.94. The summed E-state index contributed by atoms with van der Waals surface area (Å²) >= 11 is 0. The molecule has 0 aliphatic heterocycles. The summed E-state index contributed by atoms with van der Waals surface area (Å²) in [5, 5.41) is 3.69. The molecule has 0 aliphatic carbocycles. The topological polar surface area (TPSA) is 21.4 Å². The van der Waals surface area contributed by atoms with E-state index in [2.05, 4.69) is 100 Å². The second-order valence-corrected chi connectivity index (χ2v) is 16.6. The van der Waals surface area contributed by atoms with Gasteiger partial charge in [0.2, 0.25) is 5.69 Å². The molecular formula is C33H35N2OSi+. The highest BCUT2D eigenvalue weighted by molar-refractivity contribution is 6.89. The van der Waals surface area contributed by atoms with Gasteiger partial charge in [-0.05, 0) is 41.6 Å². The van der Waals surface area contributed by atoms with Crippen LogP contribution in [0.4, 0.5) is 5.69 Å². The van der Waals surface area contributed by atoms with Crippen molar-refractivity contribution >= 4 is 40.9 Å². The number of nitrogens with zero attached hydrogens (tertiary/aromatic N) is 2. The summed E-state index contributed by atoms with van der Waals surface area (Å²) in [4.78, 5) is 3.86. The standard InChI is InChI=1S/C33H35N2OSi/c1-20(2)25-19-35(6)27(18-28(25)37(7,8)9)30-22(4)17-21(3)29-24-15-16-26(34-5)31(32(24)36-33(29)30)23-13-11-10-12-14-23/h10-20H,1-4,6-9H3/q+1. The van der Waals surface area contributed by atoms with Crippen molar-refractivity contribution in [3.8, 4) is 22.4 Å². The zero-order valence-corrected chi connectivity index (χ0v) is 24.2. The molecule has 0 spiro atoms. The van der Waals surface area contributed by atoms with E-state index < -0.39 is 8.07 Å². The van der Waals surface area contributed by atoms with Crippen molar-refractivity contribution < 1.29 is 8.98 Å². The van der Waals surface area contributed by atoms with E-state index in [0.717, 1.165) is 38.6 Å². The number of hydrogen-bond donors (Lipinski definition) is 0. The molecule has 5 aromatic rings. The average molecular weight is 504 g/mol. The van der Waals surface area contributed by atoms with Gasteiger partial charge in [-0.3, -0.25) is 0 Å². The van der Waals surface area contributed by atoms with Gasteiger partial charge in [0, 0.05) is 28.0 Å². The Balaban J connectivity index is 1.92. The third kappa shape index (κ3) is 4.08. The van der Waals surface area contributed by atoms with Gasteiger partial charge in [0.05, 0.1) is 20.2 Å². The van der Waals surface area contributed by atoms with Gasteiger partial charge in [-0.2, -0.15) is 0 Å². The number of aryl methyl sites for hydroxylation is 3. The van der Waals surface area contributed by atoms with Crippen molar-refractivity contribution in [1.29, 1.82) is 0 Å². The number of aromatic nitrogens is 1. The number of rotatable bonds is 4. The number of fused-ring (bicyclic) bond motifs is 3. The van der Waals surface area contributed by atoms with Crippen molar-refractivity contribution in [3.05, 3.63) is 88.9 Å². The molecule has 186 valence electrons. The molecule has 37 heavy (non-hydrogen) atoms. The van der Waals surface area contributed by atoms with Gasteiger partial charge in [0.25, 0.3) is 0 Å². The Kier molecular flexibility index (Phi) is 6.08. The fraction of sp³-hybridized carbons (Fsp3) is 0.273. The van der Waals surface area contributed by atoms with Crippen LogP contribution in [0.5, 0.6) is 0 Å². The van der Waals surface area contributed by atoms with Gasteiger partial charge < -0.3 is 4.42 Å². The Labute approximate surface area is 221 Å². The molecule has 0 saturated heterocycles. The van der Waals surface area contributed by atoms with Crippen LogP contribution in [-0.4, -0.2) is 8.07 Å². The Bertz CT molecular complexity index is 1710. The maximum Gasteiger partial charge on any atom is 0.216 e. The molecule has 0 atom stereocenters. The first-order valence-electron chi connectivity index (χ1n) is 13.0. The van der Waals surface area contributed by atoms with Gasteiger partial charge in [-0.1, -0.05) is 82.0 Å². The number of hydrogen-bond acceptors (Lipinski definition) is 1. The molecule has 0 aliphatic rings. The minimum absolute atomic E-state index is 0.466. The molecule has 0 N–H and O–H groups in total. The predicted molar refractivity (Wildman–Crippen MR) is 159 cm³/mol. The first kappa shape index (κ1) is 25.0. The zero-order valence-electron chi connectivity index (χ0n) is 23.2. The fourth-order valence-electron chi connectivity index (χ4n) is 5.69. The van der Waals surface area contributed by atoms with E-state index in [1.807, 2.05) is 24.3 Å². The van der Waals surface area contributed by atoms with Gasteiger partial charge in [0.15, 0.2) is 11.9 Å². The van der Waals surface area contributed by atoms with Crippen LogP contribution in [0.1, 0.15) is 36.5 Å². The van der Waals surface area contributed by atoms with E-state index >= 15 is 0 Å². The maximum atomic E-state index is 7.85. The summed E-state index contributed by atoms with van der Waals surface area (Å²) in [5.41, 5.74) is 10.3. The van der Waals surface area contributed by atoms with E-state index in [9.17, 15) is 0 Å². The Morgan fingerprint density at radius 2 is 1.59 bits per heavy atom. The summed E-state index contributed by atoms with van der Waals surface area (Å²) in [6.07, 6.45) is 2.33. The highest BCUT2D eigenvalue weighted by atomic mass is 28.3. The van der Waals surface area contributed by atoms with E-state index in [0.29, 0.717) is 11.6 Å². The lowest BCUT2D eigenvalue weighted by molar-refractivity contribution is -0.660. The van der Waals surface area contributed by atoms with Gasteiger partial charge in [0.1, 0.15) is 18.2 Å². The molecule has 3 aromatic carbocycles. The van der Waals surface area contributed by atoms with Crippen molar-refractivity contribution in [3.63, 3.8) is 0 Å². The highest BCUT2D eigenvalue weighted by Crippen LogP contribution is 2.45. The quantitative estimate of drug-likeness (QED) is 0.137. The summed E-state index contributed by atoms with van der Waals surface area (Å²) < 4.78 is 9.11. The summed E-state index contributed by atoms with van der Waals surface area (Å²) in [7, 11) is 0.550. The summed E-state index contributed by atoms with van der Waals surface area (Å²) in [6, 6.07) is 18.8. The normalized spacial score (nSPS) is 12.0. The molecule has 0 unspecified atom stereocenters. The lowest BCUT2D eigenvalue weighted by Gasteiger charge is -2.23. The Morgan fingerprint density at radius 3 is 2.22 bits per heavy atom. The molecular weight excluding hydrogens is 468 g/mol. The number of furan rings is 1. The Hall–Kier alpha value is -3.68. The molecule has 0 saturated carbocycles. The van der Waals surface area contributed by atoms with Crippen LogP contribution in [0.25, 0.3) is 49.2 Å². The average Bonchev–Trinajstić information content (AvgIpc) is 3.23. The predicted octanol–water partition coefficient (Wildman–Crippen LogP) is 8.58. The second kappa shape index (κ2) is 9.01. The van der Waals surface area contributed by atoms with Crippen LogP contribution in [-0.2, 0) is 7.05 Å². The van der Waals surface area contributed by atoms with Crippen LogP contribution >= 0.6 is 0 Å². The lowest BCUT2D eigenvalue weighted by Crippen LogP contribution is -2.45.